The van der Waals surface area contributed by atoms with Crippen molar-refractivity contribution in [3.63, 3.8) is 0 Å². The molecule has 3 aromatic rings. The Morgan fingerprint density at radius 1 is 1.08 bits per heavy atom. The highest BCUT2D eigenvalue weighted by Crippen LogP contribution is 2.26. The number of anilines is 1. The van der Waals surface area contributed by atoms with Crippen LogP contribution in [0.1, 0.15) is 22.8 Å². The Hall–Kier alpha value is -3.79. The average molecular weight is 526 g/mol. The van der Waals surface area contributed by atoms with Crippen LogP contribution in [-0.4, -0.2) is 67.4 Å². The van der Waals surface area contributed by atoms with Crippen LogP contribution >= 0.6 is 11.3 Å². The molecule has 2 heterocycles. The summed E-state index contributed by atoms with van der Waals surface area (Å²) in [5, 5.41) is 13.8. The van der Waals surface area contributed by atoms with Crippen molar-refractivity contribution in [3.8, 4) is 17.3 Å². The van der Waals surface area contributed by atoms with Gasteiger partial charge >= 0.3 is 6.09 Å². The Bertz CT molecular complexity index is 1390. The standard InChI is InChI=1S/C24H23N5O5S2/c1-2-34-24(31)28-11-13-29(14-12-28)36(32,33)20-9-7-19(8-10-20)22(30)27-23-26-21(16-35-23)18-5-3-17(15-25)4-6-18/h3-10,16H,2,11-14H2,1H3,(H,26,27,30). The molecule has 10 nitrogen and oxygen atoms in total. The number of carbonyl (C=O) groups is 2. The van der Waals surface area contributed by atoms with E-state index in [0.717, 1.165) is 5.56 Å². The minimum absolute atomic E-state index is 0.0704. The molecule has 1 aliphatic rings. The summed E-state index contributed by atoms with van der Waals surface area (Å²) in [4.78, 5) is 30.5. The van der Waals surface area contributed by atoms with E-state index in [4.69, 9.17) is 10.00 Å². The average Bonchev–Trinajstić information content (AvgIpc) is 3.37. The van der Waals surface area contributed by atoms with E-state index >= 15 is 0 Å². The number of aromatic nitrogens is 1. The molecule has 0 atom stereocenters. The molecule has 1 fully saturated rings. The number of amides is 2. The Morgan fingerprint density at radius 3 is 2.36 bits per heavy atom. The van der Waals surface area contributed by atoms with Crippen molar-refractivity contribution in [1.29, 1.82) is 5.26 Å². The maximum absolute atomic E-state index is 13.0. The Balaban J connectivity index is 1.38. The molecule has 2 amide bonds. The lowest BCUT2D eigenvalue weighted by atomic mass is 10.1. The number of nitriles is 1. The van der Waals surface area contributed by atoms with Crippen molar-refractivity contribution in [1.82, 2.24) is 14.2 Å². The maximum Gasteiger partial charge on any atom is 0.409 e. The van der Waals surface area contributed by atoms with E-state index in [-0.39, 0.29) is 43.2 Å². The van der Waals surface area contributed by atoms with Gasteiger partial charge in [-0.1, -0.05) is 12.1 Å². The quantitative estimate of drug-likeness (QED) is 0.521. The van der Waals surface area contributed by atoms with Gasteiger partial charge in [0, 0.05) is 42.7 Å². The highest BCUT2D eigenvalue weighted by atomic mass is 32.2. The van der Waals surface area contributed by atoms with Crippen LogP contribution in [0.3, 0.4) is 0 Å². The van der Waals surface area contributed by atoms with Crippen LogP contribution in [0, 0.1) is 11.3 Å². The predicted molar refractivity (Wildman–Crippen MR) is 134 cm³/mol. The lowest BCUT2D eigenvalue weighted by molar-refractivity contribution is 0.0933. The molecule has 0 radical (unpaired) electrons. The summed E-state index contributed by atoms with van der Waals surface area (Å²) >= 11 is 1.26. The molecule has 0 aliphatic carbocycles. The molecule has 2 aromatic carbocycles. The fourth-order valence-electron chi connectivity index (χ4n) is 3.60. The molecule has 0 unspecified atom stereocenters. The molecular weight excluding hydrogens is 502 g/mol. The summed E-state index contributed by atoms with van der Waals surface area (Å²) in [6, 6.07) is 14.7. The number of benzene rings is 2. The zero-order chi connectivity index (χ0) is 25.7. The predicted octanol–water partition coefficient (Wildman–Crippen LogP) is 3.40. The van der Waals surface area contributed by atoms with Crippen LogP contribution < -0.4 is 5.32 Å². The van der Waals surface area contributed by atoms with Gasteiger partial charge in [-0.05, 0) is 43.3 Å². The Morgan fingerprint density at radius 2 is 1.75 bits per heavy atom. The second kappa shape index (κ2) is 10.9. The molecule has 0 spiro atoms. The van der Waals surface area contributed by atoms with E-state index in [1.165, 1.54) is 44.8 Å². The molecular formula is C24H23N5O5S2. The summed E-state index contributed by atoms with van der Waals surface area (Å²) in [5.41, 5.74) is 2.33. The highest BCUT2D eigenvalue weighted by molar-refractivity contribution is 7.89. The Labute approximate surface area is 212 Å². The van der Waals surface area contributed by atoms with Gasteiger partial charge in [0.15, 0.2) is 5.13 Å². The van der Waals surface area contributed by atoms with Gasteiger partial charge in [-0.2, -0.15) is 9.57 Å². The van der Waals surface area contributed by atoms with Crippen LogP contribution in [0.2, 0.25) is 0 Å². The molecule has 4 rings (SSSR count). The first-order valence-electron chi connectivity index (χ1n) is 11.1. The first-order chi connectivity index (χ1) is 17.3. The molecule has 36 heavy (non-hydrogen) atoms. The lowest BCUT2D eigenvalue weighted by Gasteiger charge is -2.33. The number of nitrogens with one attached hydrogen (secondary N) is 1. The van der Waals surface area contributed by atoms with Crippen molar-refractivity contribution >= 4 is 38.5 Å². The second-order valence-electron chi connectivity index (χ2n) is 7.80. The van der Waals surface area contributed by atoms with E-state index in [1.807, 2.05) is 0 Å². The summed E-state index contributed by atoms with van der Waals surface area (Å²) in [7, 11) is -3.76. The van der Waals surface area contributed by atoms with Crippen LogP contribution in [0.15, 0.2) is 58.8 Å². The van der Waals surface area contributed by atoms with Crippen molar-refractivity contribution in [2.24, 2.45) is 0 Å². The van der Waals surface area contributed by atoms with Gasteiger partial charge in [-0.25, -0.2) is 18.2 Å². The van der Waals surface area contributed by atoms with E-state index in [1.54, 1.807) is 36.6 Å². The summed E-state index contributed by atoms with van der Waals surface area (Å²) in [5.74, 6) is -0.414. The number of nitrogens with zero attached hydrogens (tertiary/aromatic N) is 4. The summed E-state index contributed by atoms with van der Waals surface area (Å²) in [6.07, 6.45) is -0.450. The van der Waals surface area contributed by atoms with Gasteiger partial charge in [0.05, 0.1) is 28.8 Å². The largest absolute Gasteiger partial charge is 0.450 e. The number of sulfonamides is 1. The minimum atomic E-state index is -3.76. The molecule has 0 saturated carbocycles. The van der Waals surface area contributed by atoms with E-state index in [9.17, 15) is 18.0 Å². The third-order valence-electron chi connectivity index (χ3n) is 5.55. The van der Waals surface area contributed by atoms with Gasteiger partial charge in [0.25, 0.3) is 5.91 Å². The smallest absolute Gasteiger partial charge is 0.409 e. The van der Waals surface area contributed by atoms with Crippen LogP contribution in [-0.2, 0) is 14.8 Å². The van der Waals surface area contributed by atoms with Gasteiger partial charge in [-0.3, -0.25) is 10.1 Å². The van der Waals surface area contributed by atoms with E-state index < -0.39 is 22.0 Å². The third-order valence-corrected chi connectivity index (χ3v) is 8.22. The summed E-state index contributed by atoms with van der Waals surface area (Å²) < 4.78 is 32.3. The monoisotopic (exact) mass is 525 g/mol. The third kappa shape index (κ3) is 5.54. The zero-order valence-electron chi connectivity index (χ0n) is 19.4. The van der Waals surface area contributed by atoms with Crippen molar-refractivity contribution in [2.75, 3.05) is 38.1 Å². The molecule has 12 heteroatoms. The number of rotatable bonds is 6. The van der Waals surface area contributed by atoms with Gasteiger partial charge in [-0.15, -0.1) is 11.3 Å². The van der Waals surface area contributed by atoms with Gasteiger partial charge in [0.1, 0.15) is 0 Å². The second-order valence-corrected chi connectivity index (χ2v) is 10.6. The fraction of sp³-hybridized carbons (Fsp3) is 0.250. The normalized spacial score (nSPS) is 14.2. The maximum atomic E-state index is 13.0. The number of carbonyl (C=O) groups excluding carboxylic acids is 2. The zero-order valence-corrected chi connectivity index (χ0v) is 21.0. The first kappa shape index (κ1) is 25.3. The number of piperazine rings is 1. The van der Waals surface area contributed by atoms with Crippen LogP contribution in [0.4, 0.5) is 9.93 Å². The van der Waals surface area contributed by atoms with E-state index in [2.05, 4.69) is 16.4 Å². The van der Waals surface area contributed by atoms with Gasteiger partial charge in [0.2, 0.25) is 10.0 Å². The molecule has 1 aromatic heterocycles. The number of hydrogen-bond acceptors (Lipinski definition) is 8. The van der Waals surface area contributed by atoms with Gasteiger partial charge < -0.3 is 9.64 Å². The fourth-order valence-corrected chi connectivity index (χ4v) is 5.74. The molecule has 1 saturated heterocycles. The van der Waals surface area contributed by atoms with Crippen molar-refractivity contribution in [3.05, 3.63) is 65.0 Å². The van der Waals surface area contributed by atoms with Crippen molar-refractivity contribution in [2.45, 2.75) is 11.8 Å². The molecule has 1 aliphatic heterocycles. The van der Waals surface area contributed by atoms with Crippen LogP contribution in [0.25, 0.3) is 11.3 Å². The number of thiazole rings is 1. The lowest BCUT2D eigenvalue weighted by Crippen LogP contribution is -2.50. The van der Waals surface area contributed by atoms with Crippen LogP contribution in [0.5, 0.6) is 0 Å². The SMILES string of the molecule is CCOC(=O)N1CCN(S(=O)(=O)c2ccc(C(=O)Nc3nc(-c4ccc(C#N)cc4)cs3)cc2)CC1. The molecule has 0 bridgehead atoms. The molecule has 1 N–H and O–H groups in total. The Kier molecular flexibility index (Phi) is 7.64. The van der Waals surface area contributed by atoms with E-state index in [0.29, 0.717) is 16.4 Å². The number of hydrogen-bond donors (Lipinski definition) is 1. The first-order valence-corrected chi connectivity index (χ1v) is 13.4. The summed E-state index contributed by atoms with van der Waals surface area (Å²) in [6.45, 7) is 2.80. The highest BCUT2D eigenvalue weighted by Gasteiger charge is 2.30. The minimum Gasteiger partial charge on any atom is -0.450 e. The molecule has 186 valence electrons. The topological polar surface area (TPSA) is 133 Å². The number of ether oxygens (including phenoxy) is 1. The van der Waals surface area contributed by atoms with Crippen molar-refractivity contribution < 1.29 is 22.7 Å².